The summed E-state index contributed by atoms with van der Waals surface area (Å²) in [5.41, 5.74) is 5.17. The molecule has 0 radical (unpaired) electrons. The van der Waals surface area contributed by atoms with Gasteiger partial charge in [0.05, 0.1) is 12.8 Å². The van der Waals surface area contributed by atoms with Gasteiger partial charge in [0.1, 0.15) is 6.10 Å². The second-order valence-corrected chi connectivity index (χ2v) is 5.64. The molecule has 0 unspecified atom stereocenters. The first-order valence-electron chi connectivity index (χ1n) is 7.14. The van der Waals surface area contributed by atoms with Gasteiger partial charge in [-0.05, 0) is 18.4 Å². The van der Waals surface area contributed by atoms with Crippen LogP contribution in [0.25, 0.3) is 10.4 Å². The number of azide groups is 1. The van der Waals surface area contributed by atoms with Gasteiger partial charge in [-0.25, -0.2) is 13.6 Å². The summed E-state index contributed by atoms with van der Waals surface area (Å²) in [6, 6.07) is 0.0488. The van der Waals surface area contributed by atoms with Crippen LogP contribution in [0.3, 0.4) is 0 Å². The first kappa shape index (κ1) is 16.6. The zero-order chi connectivity index (χ0) is 17.5. The van der Waals surface area contributed by atoms with E-state index in [0.29, 0.717) is 10.8 Å². The minimum absolute atomic E-state index is 0.0488. The SMILES string of the molecule is [N-]=[N+]=N[C@]1(CO)O[C@@H](n2cc(F)c(NC3CC3)nc2=O)[C@@H](F)[C@@H]1O. The van der Waals surface area contributed by atoms with Crippen LogP contribution in [-0.4, -0.2) is 50.4 Å². The average molecular weight is 344 g/mol. The summed E-state index contributed by atoms with van der Waals surface area (Å²) in [4.78, 5) is 17.9. The molecule has 2 fully saturated rings. The monoisotopic (exact) mass is 344 g/mol. The molecule has 130 valence electrons. The fourth-order valence-corrected chi connectivity index (χ4v) is 2.43. The summed E-state index contributed by atoms with van der Waals surface area (Å²) in [6.45, 7) is -1.03. The molecule has 1 aromatic heterocycles. The second kappa shape index (κ2) is 5.98. The first-order chi connectivity index (χ1) is 11.4. The molecule has 12 heteroatoms. The molecule has 0 aromatic carbocycles. The second-order valence-electron chi connectivity index (χ2n) is 5.64. The molecular weight excluding hydrogens is 330 g/mol. The van der Waals surface area contributed by atoms with Crippen molar-refractivity contribution in [2.45, 2.75) is 43.1 Å². The van der Waals surface area contributed by atoms with Crippen molar-refractivity contribution in [3.05, 3.63) is 32.9 Å². The van der Waals surface area contributed by atoms with Gasteiger partial charge in [-0.1, -0.05) is 5.11 Å². The summed E-state index contributed by atoms with van der Waals surface area (Å²) in [6.07, 6.45) is -3.73. The third kappa shape index (κ3) is 2.69. The van der Waals surface area contributed by atoms with Gasteiger partial charge in [-0.2, -0.15) is 4.98 Å². The highest BCUT2D eigenvalue weighted by Crippen LogP contribution is 2.39. The van der Waals surface area contributed by atoms with Crippen molar-refractivity contribution in [1.29, 1.82) is 0 Å². The summed E-state index contributed by atoms with van der Waals surface area (Å²) in [5, 5.41) is 24.9. The van der Waals surface area contributed by atoms with Crippen LogP contribution in [-0.2, 0) is 4.74 Å². The van der Waals surface area contributed by atoms with E-state index in [4.69, 9.17) is 10.3 Å². The number of rotatable bonds is 5. The topological polar surface area (TPSA) is 145 Å². The number of aliphatic hydroxyl groups excluding tert-OH is 2. The van der Waals surface area contributed by atoms with E-state index in [1.54, 1.807) is 0 Å². The van der Waals surface area contributed by atoms with E-state index < -0.39 is 42.3 Å². The van der Waals surface area contributed by atoms with Crippen LogP contribution in [0.15, 0.2) is 16.1 Å². The van der Waals surface area contributed by atoms with Crippen LogP contribution in [0, 0.1) is 5.82 Å². The Bertz CT molecular complexity index is 750. The van der Waals surface area contributed by atoms with Crippen molar-refractivity contribution in [3.8, 4) is 0 Å². The van der Waals surface area contributed by atoms with Gasteiger partial charge in [0.15, 0.2) is 24.0 Å². The zero-order valence-corrected chi connectivity index (χ0v) is 12.2. The summed E-state index contributed by atoms with van der Waals surface area (Å²) < 4.78 is 33.9. The predicted molar refractivity (Wildman–Crippen MR) is 75.1 cm³/mol. The maximum atomic E-state index is 14.3. The lowest BCUT2D eigenvalue weighted by Gasteiger charge is -2.23. The van der Waals surface area contributed by atoms with Crippen molar-refractivity contribution >= 4 is 5.82 Å². The molecule has 2 aliphatic rings. The minimum Gasteiger partial charge on any atom is -0.393 e. The predicted octanol–water partition coefficient (Wildman–Crippen LogP) is 0.183. The van der Waals surface area contributed by atoms with Crippen LogP contribution >= 0.6 is 0 Å². The van der Waals surface area contributed by atoms with Gasteiger partial charge in [-0.3, -0.25) is 4.57 Å². The molecule has 4 atom stereocenters. The standard InChI is InChI=1S/C12H14F2N6O4/c13-6-3-20(11(23)17-9(6)16-5-1-2-5)10-7(14)8(22)12(4-21,24-10)18-19-15/h3,5,7-8,10,21-22H,1-2,4H2,(H,16,17,23)/t7-,8-,10+,12+/m0/s1. The van der Waals surface area contributed by atoms with E-state index in [9.17, 15) is 23.8 Å². The van der Waals surface area contributed by atoms with E-state index in [0.717, 1.165) is 12.8 Å². The fraction of sp³-hybridized carbons (Fsp3) is 0.667. The van der Waals surface area contributed by atoms with Crippen molar-refractivity contribution in [2.75, 3.05) is 11.9 Å². The molecule has 1 aromatic rings. The fourth-order valence-electron chi connectivity index (χ4n) is 2.43. The number of nitrogens with zero attached hydrogens (tertiary/aromatic N) is 5. The Labute approximate surface area is 133 Å². The third-order valence-corrected chi connectivity index (χ3v) is 3.90. The van der Waals surface area contributed by atoms with Gasteiger partial charge in [-0.15, -0.1) is 0 Å². The average Bonchev–Trinajstić information content (AvgIpc) is 3.34. The number of aromatic nitrogens is 2. The smallest absolute Gasteiger partial charge is 0.351 e. The Morgan fingerprint density at radius 1 is 1.62 bits per heavy atom. The lowest BCUT2D eigenvalue weighted by molar-refractivity contribution is -0.124. The van der Waals surface area contributed by atoms with Crippen molar-refractivity contribution in [3.63, 3.8) is 0 Å². The molecule has 1 saturated heterocycles. The van der Waals surface area contributed by atoms with Crippen LogP contribution in [0.2, 0.25) is 0 Å². The number of hydrogen-bond acceptors (Lipinski definition) is 7. The highest BCUT2D eigenvalue weighted by atomic mass is 19.1. The maximum Gasteiger partial charge on any atom is 0.351 e. The van der Waals surface area contributed by atoms with Gasteiger partial charge >= 0.3 is 5.69 Å². The molecular formula is C12H14F2N6O4. The lowest BCUT2D eigenvalue weighted by Crippen LogP contribution is -2.43. The largest absolute Gasteiger partial charge is 0.393 e. The molecule has 3 rings (SSSR count). The Hall–Kier alpha value is -2.27. The maximum absolute atomic E-state index is 14.3. The van der Waals surface area contributed by atoms with E-state index in [1.807, 2.05) is 0 Å². The third-order valence-electron chi connectivity index (χ3n) is 3.90. The molecule has 1 saturated carbocycles. The normalized spacial score (nSPS) is 32.4. The Kier molecular flexibility index (Phi) is 4.13. The number of halogens is 2. The molecule has 1 aliphatic carbocycles. The van der Waals surface area contributed by atoms with Crippen LogP contribution in [0.5, 0.6) is 0 Å². The molecule has 3 N–H and O–H groups in total. The van der Waals surface area contributed by atoms with E-state index in [1.165, 1.54) is 0 Å². The Morgan fingerprint density at radius 3 is 2.92 bits per heavy atom. The summed E-state index contributed by atoms with van der Waals surface area (Å²) in [7, 11) is 0. The molecule has 0 bridgehead atoms. The van der Waals surface area contributed by atoms with Crippen LogP contribution in [0.4, 0.5) is 14.6 Å². The summed E-state index contributed by atoms with van der Waals surface area (Å²) in [5.74, 6) is -1.16. The Balaban J connectivity index is 1.95. The van der Waals surface area contributed by atoms with Crippen molar-refractivity contribution in [1.82, 2.24) is 9.55 Å². The number of hydrogen-bond donors (Lipinski definition) is 3. The van der Waals surface area contributed by atoms with Crippen molar-refractivity contribution < 1.29 is 23.7 Å². The number of alkyl halides is 1. The lowest BCUT2D eigenvalue weighted by atomic mass is 10.1. The Morgan fingerprint density at radius 2 is 2.33 bits per heavy atom. The zero-order valence-electron chi connectivity index (χ0n) is 12.2. The number of nitrogens with one attached hydrogen (secondary N) is 1. The van der Waals surface area contributed by atoms with E-state index >= 15 is 0 Å². The number of anilines is 1. The highest BCUT2D eigenvalue weighted by Gasteiger charge is 2.56. The molecule has 1 aliphatic heterocycles. The minimum atomic E-state index is -2.31. The van der Waals surface area contributed by atoms with E-state index in [2.05, 4.69) is 20.3 Å². The summed E-state index contributed by atoms with van der Waals surface area (Å²) >= 11 is 0. The van der Waals surface area contributed by atoms with Gasteiger partial charge in [0.25, 0.3) is 0 Å². The van der Waals surface area contributed by atoms with E-state index in [-0.39, 0.29) is 11.9 Å². The molecule has 0 spiro atoms. The van der Waals surface area contributed by atoms with Gasteiger partial charge in [0, 0.05) is 11.0 Å². The molecule has 10 nitrogen and oxygen atoms in total. The van der Waals surface area contributed by atoms with Crippen molar-refractivity contribution in [2.24, 2.45) is 5.11 Å². The quantitative estimate of drug-likeness (QED) is 0.395. The molecule has 2 heterocycles. The first-order valence-corrected chi connectivity index (χ1v) is 7.14. The van der Waals surface area contributed by atoms with Crippen LogP contribution in [0.1, 0.15) is 19.1 Å². The van der Waals surface area contributed by atoms with Gasteiger partial charge < -0.3 is 20.3 Å². The van der Waals surface area contributed by atoms with Gasteiger partial charge in [0.2, 0.25) is 5.72 Å². The number of aliphatic hydroxyl groups is 2. The highest BCUT2D eigenvalue weighted by molar-refractivity contribution is 5.37. The van der Waals surface area contributed by atoms with Crippen LogP contribution < -0.4 is 11.0 Å². The molecule has 0 amide bonds. The molecule has 24 heavy (non-hydrogen) atoms. The number of ether oxygens (including phenoxy) is 1.